The average Bonchev–Trinajstić information content (AvgIpc) is 2.97. The van der Waals surface area contributed by atoms with Crippen molar-refractivity contribution in [3.05, 3.63) is 50.6 Å². The zero-order valence-electron chi connectivity index (χ0n) is 14.1. The van der Waals surface area contributed by atoms with Crippen LogP contribution in [0.4, 0.5) is 0 Å². The fourth-order valence-corrected chi connectivity index (χ4v) is 5.22. The summed E-state index contributed by atoms with van der Waals surface area (Å²) < 4.78 is 5.75. The smallest absolute Gasteiger partial charge is 0.260 e. The molecular weight excluding hydrogens is 352 g/mol. The zero-order valence-corrected chi connectivity index (χ0v) is 15.8. The van der Waals surface area contributed by atoms with E-state index in [1.165, 1.54) is 40.6 Å². The SMILES string of the molecule is Cc1cccc(OCCSc2nc3sc4c(c3c(=O)[nH]2)CCCC4)c1. The van der Waals surface area contributed by atoms with E-state index in [4.69, 9.17) is 4.74 Å². The van der Waals surface area contributed by atoms with Gasteiger partial charge in [-0.25, -0.2) is 4.98 Å². The van der Waals surface area contributed by atoms with Gasteiger partial charge in [0.05, 0.1) is 12.0 Å². The van der Waals surface area contributed by atoms with E-state index >= 15 is 0 Å². The highest BCUT2D eigenvalue weighted by Crippen LogP contribution is 2.34. The number of aromatic nitrogens is 2. The number of aromatic amines is 1. The van der Waals surface area contributed by atoms with E-state index in [1.54, 1.807) is 11.3 Å². The van der Waals surface area contributed by atoms with Crippen LogP contribution in [-0.2, 0) is 12.8 Å². The minimum absolute atomic E-state index is 0.00602. The van der Waals surface area contributed by atoms with Crippen molar-refractivity contribution < 1.29 is 4.74 Å². The van der Waals surface area contributed by atoms with Crippen LogP contribution in [0, 0.1) is 6.92 Å². The third-order valence-electron chi connectivity index (χ3n) is 4.38. The molecule has 2 heterocycles. The highest BCUT2D eigenvalue weighted by atomic mass is 32.2. The molecule has 1 N–H and O–H groups in total. The number of thioether (sulfide) groups is 1. The summed E-state index contributed by atoms with van der Waals surface area (Å²) in [6, 6.07) is 8.02. The summed E-state index contributed by atoms with van der Waals surface area (Å²) in [6.45, 7) is 2.63. The van der Waals surface area contributed by atoms with Crippen LogP contribution >= 0.6 is 23.1 Å². The number of nitrogens with zero attached hydrogens (tertiary/aromatic N) is 1. The number of H-pyrrole nitrogens is 1. The number of aryl methyl sites for hydroxylation is 3. The highest BCUT2D eigenvalue weighted by molar-refractivity contribution is 7.99. The van der Waals surface area contributed by atoms with Crippen LogP contribution < -0.4 is 10.3 Å². The van der Waals surface area contributed by atoms with Gasteiger partial charge in [-0.3, -0.25) is 4.79 Å². The molecule has 4 rings (SSSR count). The van der Waals surface area contributed by atoms with E-state index in [2.05, 4.69) is 9.97 Å². The van der Waals surface area contributed by atoms with E-state index in [9.17, 15) is 4.79 Å². The van der Waals surface area contributed by atoms with Crippen molar-refractivity contribution in [2.24, 2.45) is 0 Å². The van der Waals surface area contributed by atoms with Crippen molar-refractivity contribution in [2.45, 2.75) is 37.8 Å². The lowest BCUT2D eigenvalue weighted by molar-refractivity contribution is 0.343. The Balaban J connectivity index is 1.44. The zero-order chi connectivity index (χ0) is 17.2. The topological polar surface area (TPSA) is 55.0 Å². The Hall–Kier alpha value is -1.79. The van der Waals surface area contributed by atoms with E-state index in [1.807, 2.05) is 31.2 Å². The quantitative estimate of drug-likeness (QED) is 0.411. The standard InChI is InChI=1S/C19H20N2O2S2/c1-12-5-4-6-13(11-12)23-9-10-24-19-20-17(22)16-14-7-2-3-8-15(14)25-18(16)21-19/h4-6,11H,2-3,7-10H2,1H3,(H,20,21,22). The summed E-state index contributed by atoms with van der Waals surface area (Å²) in [5.41, 5.74) is 2.43. The number of hydrogen-bond donors (Lipinski definition) is 1. The van der Waals surface area contributed by atoms with Gasteiger partial charge in [0, 0.05) is 10.6 Å². The number of hydrogen-bond acceptors (Lipinski definition) is 5. The third-order valence-corrected chi connectivity index (χ3v) is 6.41. The Morgan fingerprint density at radius 2 is 2.20 bits per heavy atom. The van der Waals surface area contributed by atoms with Crippen LogP contribution in [0.15, 0.2) is 34.2 Å². The van der Waals surface area contributed by atoms with E-state index < -0.39 is 0 Å². The second kappa shape index (κ2) is 7.22. The molecule has 0 spiro atoms. The maximum absolute atomic E-state index is 12.5. The monoisotopic (exact) mass is 372 g/mol. The van der Waals surface area contributed by atoms with Gasteiger partial charge in [-0.1, -0.05) is 23.9 Å². The first-order chi connectivity index (χ1) is 12.2. The first-order valence-corrected chi connectivity index (χ1v) is 10.4. The molecule has 130 valence electrons. The summed E-state index contributed by atoms with van der Waals surface area (Å²) in [4.78, 5) is 22.3. The Bertz CT molecular complexity index is 962. The summed E-state index contributed by atoms with van der Waals surface area (Å²) >= 11 is 3.22. The number of nitrogens with one attached hydrogen (secondary N) is 1. The van der Waals surface area contributed by atoms with Gasteiger partial charge in [-0.2, -0.15) is 0 Å². The van der Waals surface area contributed by atoms with Crippen molar-refractivity contribution >= 4 is 33.3 Å². The Labute approximate surface area is 154 Å². The van der Waals surface area contributed by atoms with Crippen molar-refractivity contribution in [1.82, 2.24) is 9.97 Å². The molecule has 3 aromatic rings. The maximum atomic E-state index is 12.5. The molecule has 25 heavy (non-hydrogen) atoms. The molecule has 0 saturated carbocycles. The van der Waals surface area contributed by atoms with Crippen molar-refractivity contribution in [1.29, 1.82) is 0 Å². The van der Waals surface area contributed by atoms with Gasteiger partial charge in [0.15, 0.2) is 5.16 Å². The summed E-state index contributed by atoms with van der Waals surface area (Å²) in [6.07, 6.45) is 4.49. The minimum atomic E-state index is 0.00602. The van der Waals surface area contributed by atoms with Gasteiger partial charge in [0.1, 0.15) is 10.6 Å². The Morgan fingerprint density at radius 3 is 3.08 bits per heavy atom. The molecule has 0 unspecified atom stereocenters. The maximum Gasteiger partial charge on any atom is 0.260 e. The molecule has 0 atom stereocenters. The fraction of sp³-hybridized carbons (Fsp3) is 0.368. The molecule has 0 amide bonds. The van der Waals surface area contributed by atoms with E-state index in [0.29, 0.717) is 11.8 Å². The average molecular weight is 373 g/mol. The molecule has 1 aromatic carbocycles. The summed E-state index contributed by atoms with van der Waals surface area (Å²) in [7, 11) is 0. The van der Waals surface area contributed by atoms with Gasteiger partial charge < -0.3 is 9.72 Å². The number of benzene rings is 1. The van der Waals surface area contributed by atoms with E-state index in [-0.39, 0.29) is 5.56 Å². The number of thiophene rings is 1. The fourth-order valence-electron chi connectivity index (χ4n) is 3.22. The van der Waals surface area contributed by atoms with Gasteiger partial charge >= 0.3 is 0 Å². The van der Waals surface area contributed by atoms with Crippen LogP contribution in [0.25, 0.3) is 10.2 Å². The largest absolute Gasteiger partial charge is 0.493 e. The van der Waals surface area contributed by atoms with E-state index in [0.717, 1.165) is 34.6 Å². The first kappa shape index (κ1) is 16.7. The molecule has 0 fully saturated rings. The van der Waals surface area contributed by atoms with Crippen LogP contribution in [0.2, 0.25) is 0 Å². The molecule has 1 aliphatic rings. The Kier molecular flexibility index (Phi) is 4.81. The highest BCUT2D eigenvalue weighted by Gasteiger charge is 2.19. The molecule has 6 heteroatoms. The van der Waals surface area contributed by atoms with Crippen molar-refractivity contribution in [3.8, 4) is 5.75 Å². The number of ether oxygens (including phenoxy) is 1. The molecular formula is C19H20N2O2S2. The predicted octanol–water partition coefficient (Wildman–Crippen LogP) is 4.34. The lowest BCUT2D eigenvalue weighted by atomic mass is 9.97. The molecule has 4 nitrogen and oxygen atoms in total. The van der Waals surface area contributed by atoms with Crippen molar-refractivity contribution in [2.75, 3.05) is 12.4 Å². The summed E-state index contributed by atoms with van der Waals surface area (Å²) in [5.74, 6) is 1.62. The van der Waals surface area contributed by atoms with Crippen LogP contribution in [0.3, 0.4) is 0 Å². The lowest BCUT2D eigenvalue weighted by Crippen LogP contribution is -2.11. The molecule has 2 aromatic heterocycles. The second-order valence-electron chi connectivity index (χ2n) is 6.28. The number of fused-ring (bicyclic) bond motifs is 3. The molecule has 0 radical (unpaired) electrons. The predicted molar refractivity (Wildman–Crippen MR) is 104 cm³/mol. The summed E-state index contributed by atoms with van der Waals surface area (Å²) in [5, 5.41) is 1.50. The molecule has 0 bridgehead atoms. The van der Waals surface area contributed by atoms with Crippen molar-refractivity contribution in [3.63, 3.8) is 0 Å². The van der Waals surface area contributed by atoms with Crippen LogP contribution in [-0.4, -0.2) is 22.3 Å². The van der Waals surface area contributed by atoms with Gasteiger partial charge in [-0.05, 0) is 55.9 Å². The third kappa shape index (κ3) is 3.60. The van der Waals surface area contributed by atoms with Gasteiger partial charge in [0.2, 0.25) is 0 Å². The minimum Gasteiger partial charge on any atom is -0.493 e. The molecule has 0 aliphatic heterocycles. The van der Waals surface area contributed by atoms with Crippen LogP contribution in [0.1, 0.15) is 28.8 Å². The molecule has 1 aliphatic carbocycles. The lowest BCUT2D eigenvalue weighted by Gasteiger charge is -2.09. The normalized spacial score (nSPS) is 13.8. The molecule has 0 saturated heterocycles. The van der Waals surface area contributed by atoms with Gasteiger partial charge in [0.25, 0.3) is 5.56 Å². The Morgan fingerprint density at radius 1 is 1.32 bits per heavy atom. The second-order valence-corrected chi connectivity index (χ2v) is 8.44. The van der Waals surface area contributed by atoms with Crippen LogP contribution in [0.5, 0.6) is 5.75 Å². The first-order valence-electron chi connectivity index (χ1n) is 8.57. The van der Waals surface area contributed by atoms with Gasteiger partial charge in [-0.15, -0.1) is 11.3 Å². The number of rotatable bonds is 5.